The van der Waals surface area contributed by atoms with Crippen molar-refractivity contribution in [1.82, 2.24) is 0 Å². The van der Waals surface area contributed by atoms with Gasteiger partial charge in [0.05, 0.1) is 0 Å². The van der Waals surface area contributed by atoms with Crippen molar-refractivity contribution in [3.63, 3.8) is 0 Å². The quantitative estimate of drug-likeness (QED) is 0.817. The standard InChI is InChI=1S/C17H19NO3/c1-3-7-12(8-4-2)16(19)18-11-14(17(20)21)13-9-5-6-10-15(13)18/h3-6,9-10,12,14H,1-2,7-8,11H2,(H,20,21). The summed E-state index contributed by atoms with van der Waals surface area (Å²) < 4.78 is 0. The molecule has 1 aliphatic heterocycles. The zero-order valence-electron chi connectivity index (χ0n) is 11.9. The molecule has 1 aromatic carbocycles. The molecule has 2 rings (SSSR count). The number of aliphatic carboxylic acids is 1. The van der Waals surface area contributed by atoms with E-state index in [0.717, 1.165) is 0 Å². The minimum atomic E-state index is -0.901. The number of carboxylic acids is 1. The maximum atomic E-state index is 12.7. The maximum absolute atomic E-state index is 12.7. The number of nitrogens with zero attached hydrogens (tertiary/aromatic N) is 1. The Balaban J connectivity index is 2.32. The summed E-state index contributed by atoms with van der Waals surface area (Å²) in [6, 6.07) is 7.19. The third-order valence-electron chi connectivity index (χ3n) is 3.78. The fourth-order valence-corrected chi connectivity index (χ4v) is 2.75. The summed E-state index contributed by atoms with van der Waals surface area (Å²) in [5.74, 6) is -1.85. The lowest BCUT2D eigenvalue weighted by Gasteiger charge is -2.22. The van der Waals surface area contributed by atoms with Gasteiger partial charge in [-0.05, 0) is 24.5 Å². The molecule has 4 nitrogen and oxygen atoms in total. The van der Waals surface area contributed by atoms with Crippen LogP contribution in [0.5, 0.6) is 0 Å². The molecular weight excluding hydrogens is 266 g/mol. The first-order chi connectivity index (χ1) is 10.1. The van der Waals surface area contributed by atoms with Crippen molar-refractivity contribution >= 4 is 17.6 Å². The lowest BCUT2D eigenvalue weighted by Crippen LogP contribution is -2.36. The lowest BCUT2D eigenvalue weighted by molar-refractivity contribution is -0.138. The molecule has 0 bridgehead atoms. The molecule has 0 aliphatic carbocycles. The summed E-state index contributed by atoms with van der Waals surface area (Å²) in [6.45, 7) is 7.55. The van der Waals surface area contributed by atoms with Gasteiger partial charge in [0.15, 0.2) is 0 Å². The van der Waals surface area contributed by atoms with Crippen LogP contribution in [0.4, 0.5) is 5.69 Å². The van der Waals surface area contributed by atoms with Crippen molar-refractivity contribution in [3.8, 4) is 0 Å². The zero-order chi connectivity index (χ0) is 15.4. The van der Waals surface area contributed by atoms with E-state index >= 15 is 0 Å². The molecule has 0 fully saturated rings. The van der Waals surface area contributed by atoms with Crippen LogP contribution in [-0.4, -0.2) is 23.5 Å². The molecule has 110 valence electrons. The van der Waals surface area contributed by atoms with Crippen LogP contribution in [0.3, 0.4) is 0 Å². The minimum Gasteiger partial charge on any atom is -0.481 e. The van der Waals surface area contributed by atoms with Gasteiger partial charge >= 0.3 is 5.97 Å². The van der Waals surface area contributed by atoms with Gasteiger partial charge < -0.3 is 10.0 Å². The van der Waals surface area contributed by atoms with Gasteiger partial charge in [-0.1, -0.05) is 30.4 Å². The van der Waals surface area contributed by atoms with Gasteiger partial charge in [-0.15, -0.1) is 13.2 Å². The summed E-state index contributed by atoms with van der Waals surface area (Å²) in [5, 5.41) is 9.33. The number of hydrogen-bond donors (Lipinski definition) is 1. The molecule has 1 amide bonds. The number of para-hydroxylation sites is 1. The summed E-state index contributed by atoms with van der Waals surface area (Å²) in [7, 11) is 0. The normalized spacial score (nSPS) is 16.6. The van der Waals surface area contributed by atoms with Gasteiger partial charge in [-0.3, -0.25) is 9.59 Å². The molecule has 21 heavy (non-hydrogen) atoms. The Labute approximate surface area is 124 Å². The number of carbonyl (C=O) groups is 2. The van der Waals surface area contributed by atoms with E-state index in [1.165, 1.54) is 0 Å². The van der Waals surface area contributed by atoms with E-state index in [1.54, 1.807) is 35.3 Å². The SMILES string of the molecule is C=CCC(CC=C)C(=O)N1CC(C(=O)O)c2ccccc21. The fourth-order valence-electron chi connectivity index (χ4n) is 2.75. The number of carboxylic acid groups (broad SMARTS) is 1. The van der Waals surface area contributed by atoms with Crippen LogP contribution in [0.2, 0.25) is 0 Å². The number of allylic oxidation sites excluding steroid dienone is 2. The molecule has 0 aromatic heterocycles. The first-order valence-corrected chi connectivity index (χ1v) is 6.95. The number of benzene rings is 1. The number of anilines is 1. The Kier molecular flexibility index (Phi) is 4.58. The molecule has 1 N–H and O–H groups in total. The highest BCUT2D eigenvalue weighted by atomic mass is 16.4. The molecule has 0 saturated carbocycles. The fraction of sp³-hybridized carbons (Fsp3) is 0.294. The first-order valence-electron chi connectivity index (χ1n) is 6.95. The Morgan fingerprint density at radius 1 is 1.29 bits per heavy atom. The Morgan fingerprint density at radius 3 is 2.48 bits per heavy atom. The Hall–Kier alpha value is -2.36. The van der Waals surface area contributed by atoms with Gasteiger partial charge in [0.1, 0.15) is 5.92 Å². The minimum absolute atomic E-state index is 0.0639. The van der Waals surface area contributed by atoms with Crippen molar-refractivity contribution in [1.29, 1.82) is 0 Å². The zero-order valence-corrected chi connectivity index (χ0v) is 11.9. The molecule has 1 unspecified atom stereocenters. The molecule has 0 spiro atoms. The highest BCUT2D eigenvalue weighted by molar-refractivity contribution is 6.00. The van der Waals surface area contributed by atoms with E-state index < -0.39 is 11.9 Å². The summed E-state index contributed by atoms with van der Waals surface area (Å²) >= 11 is 0. The molecule has 1 atom stereocenters. The number of amides is 1. The second kappa shape index (κ2) is 6.39. The Morgan fingerprint density at radius 2 is 1.90 bits per heavy atom. The van der Waals surface area contributed by atoms with Crippen LogP contribution in [0.1, 0.15) is 24.3 Å². The predicted octanol–water partition coefficient (Wildman–Crippen LogP) is 2.97. The van der Waals surface area contributed by atoms with Crippen LogP contribution in [-0.2, 0) is 9.59 Å². The van der Waals surface area contributed by atoms with E-state index in [2.05, 4.69) is 13.2 Å². The molecular formula is C17H19NO3. The summed E-state index contributed by atoms with van der Waals surface area (Å²) in [4.78, 5) is 25.7. The number of hydrogen-bond acceptors (Lipinski definition) is 2. The smallest absolute Gasteiger partial charge is 0.312 e. The van der Waals surface area contributed by atoms with Gasteiger partial charge in [-0.25, -0.2) is 0 Å². The van der Waals surface area contributed by atoms with E-state index in [9.17, 15) is 14.7 Å². The second-order valence-corrected chi connectivity index (χ2v) is 5.14. The van der Waals surface area contributed by atoms with Crippen LogP contribution in [0.25, 0.3) is 0 Å². The monoisotopic (exact) mass is 285 g/mol. The third kappa shape index (κ3) is 2.89. The maximum Gasteiger partial charge on any atom is 0.312 e. The molecule has 1 aromatic rings. The molecule has 1 aliphatic rings. The summed E-state index contributed by atoms with van der Waals surface area (Å²) in [6.07, 6.45) is 4.54. The lowest BCUT2D eigenvalue weighted by atomic mass is 9.99. The Bertz CT molecular complexity index is 569. The van der Waals surface area contributed by atoms with Crippen LogP contribution < -0.4 is 4.90 Å². The summed E-state index contributed by atoms with van der Waals surface area (Å²) in [5.41, 5.74) is 1.40. The topological polar surface area (TPSA) is 57.6 Å². The second-order valence-electron chi connectivity index (χ2n) is 5.14. The highest BCUT2D eigenvalue weighted by Gasteiger charge is 2.37. The number of carbonyl (C=O) groups excluding carboxylic acids is 1. The molecule has 1 heterocycles. The molecule has 0 radical (unpaired) electrons. The first kappa shape index (κ1) is 15.0. The van der Waals surface area contributed by atoms with E-state index in [4.69, 9.17) is 0 Å². The van der Waals surface area contributed by atoms with E-state index in [-0.39, 0.29) is 18.4 Å². The predicted molar refractivity (Wildman–Crippen MR) is 82.3 cm³/mol. The van der Waals surface area contributed by atoms with Crippen LogP contribution in [0.15, 0.2) is 49.6 Å². The van der Waals surface area contributed by atoms with E-state index in [1.807, 2.05) is 6.07 Å². The van der Waals surface area contributed by atoms with Gasteiger partial charge in [0, 0.05) is 18.2 Å². The number of rotatable bonds is 6. The van der Waals surface area contributed by atoms with Crippen molar-refractivity contribution in [2.45, 2.75) is 18.8 Å². The van der Waals surface area contributed by atoms with Gasteiger partial charge in [-0.2, -0.15) is 0 Å². The van der Waals surface area contributed by atoms with Crippen LogP contribution in [0, 0.1) is 5.92 Å². The van der Waals surface area contributed by atoms with E-state index in [0.29, 0.717) is 24.1 Å². The van der Waals surface area contributed by atoms with Crippen molar-refractivity contribution in [2.75, 3.05) is 11.4 Å². The molecule has 0 saturated heterocycles. The largest absolute Gasteiger partial charge is 0.481 e. The van der Waals surface area contributed by atoms with Crippen molar-refractivity contribution < 1.29 is 14.7 Å². The molecule has 4 heteroatoms. The number of fused-ring (bicyclic) bond motifs is 1. The third-order valence-corrected chi connectivity index (χ3v) is 3.78. The van der Waals surface area contributed by atoms with Crippen LogP contribution >= 0.6 is 0 Å². The average molecular weight is 285 g/mol. The average Bonchev–Trinajstić information content (AvgIpc) is 2.86. The highest BCUT2D eigenvalue weighted by Crippen LogP contribution is 2.37. The van der Waals surface area contributed by atoms with Gasteiger partial charge in [0.2, 0.25) is 5.91 Å². The van der Waals surface area contributed by atoms with Gasteiger partial charge in [0.25, 0.3) is 0 Å². The van der Waals surface area contributed by atoms with Crippen molar-refractivity contribution in [2.24, 2.45) is 5.92 Å². The van der Waals surface area contributed by atoms with Crippen molar-refractivity contribution in [3.05, 3.63) is 55.1 Å².